The van der Waals surface area contributed by atoms with E-state index in [0.29, 0.717) is 19.6 Å². The third-order valence-electron chi connectivity index (χ3n) is 5.84. The highest BCUT2D eigenvalue weighted by Gasteiger charge is 2.28. The van der Waals surface area contributed by atoms with Gasteiger partial charge in [0.05, 0.1) is 6.54 Å². The monoisotopic (exact) mass is 386 g/mol. The zero-order chi connectivity index (χ0) is 19.3. The van der Waals surface area contributed by atoms with Gasteiger partial charge < -0.3 is 4.90 Å². The number of carbonyl (C=O) groups excluding carboxylic acids is 1. The molecule has 28 heavy (non-hydrogen) atoms. The first kappa shape index (κ1) is 19.0. The van der Waals surface area contributed by atoms with E-state index in [1.165, 1.54) is 37.8 Å². The summed E-state index contributed by atoms with van der Waals surface area (Å²) in [5, 5.41) is 12.0. The van der Waals surface area contributed by atoms with Crippen LogP contribution in [0, 0.1) is 5.82 Å². The van der Waals surface area contributed by atoms with E-state index in [9.17, 15) is 9.18 Å². The Bertz CT molecular complexity index is 784. The van der Waals surface area contributed by atoms with Crippen LogP contribution >= 0.6 is 0 Å². The zero-order valence-electron chi connectivity index (χ0n) is 16.1. The van der Waals surface area contributed by atoms with E-state index >= 15 is 0 Å². The van der Waals surface area contributed by atoms with Crippen LogP contribution in [0.2, 0.25) is 0 Å². The Morgan fingerprint density at radius 2 is 1.82 bits per heavy atom. The van der Waals surface area contributed by atoms with Gasteiger partial charge in [-0.25, -0.2) is 9.07 Å². The molecule has 150 valence electrons. The van der Waals surface area contributed by atoms with Gasteiger partial charge in [0.2, 0.25) is 5.91 Å². The average Bonchev–Trinajstić information content (AvgIpc) is 3.27. The summed E-state index contributed by atoms with van der Waals surface area (Å²) < 4.78 is 14.8. The number of tetrazole rings is 1. The Morgan fingerprint density at radius 3 is 2.57 bits per heavy atom. The van der Waals surface area contributed by atoms with E-state index in [-0.39, 0.29) is 24.2 Å². The highest BCUT2D eigenvalue weighted by atomic mass is 19.1. The molecule has 0 spiro atoms. The number of nitrogens with zero attached hydrogens (tertiary/aromatic N) is 6. The van der Waals surface area contributed by atoms with Gasteiger partial charge in [0.15, 0.2) is 5.82 Å². The second-order valence-corrected chi connectivity index (χ2v) is 7.82. The molecule has 1 aromatic heterocycles. The van der Waals surface area contributed by atoms with E-state index in [1.54, 1.807) is 4.68 Å². The lowest BCUT2D eigenvalue weighted by Gasteiger charge is -2.20. The van der Waals surface area contributed by atoms with Crippen LogP contribution in [-0.2, 0) is 17.9 Å². The Hall–Kier alpha value is -2.35. The molecule has 2 saturated heterocycles. The molecule has 1 atom stereocenters. The van der Waals surface area contributed by atoms with E-state index in [0.717, 1.165) is 30.9 Å². The molecular formula is C20H27FN6O. The Balaban J connectivity index is 1.34. The number of halogens is 1. The second kappa shape index (κ2) is 8.77. The topological polar surface area (TPSA) is 67.2 Å². The smallest absolute Gasteiger partial charge is 0.244 e. The molecule has 1 aromatic carbocycles. The SMILES string of the molecule is O=C(Cn1nnnc1CN1CCCCCC1)N1CC[C@H](c2ccc(F)cc2)C1. The van der Waals surface area contributed by atoms with Crippen LogP contribution in [0.15, 0.2) is 24.3 Å². The van der Waals surface area contributed by atoms with Crippen LogP contribution in [0.1, 0.15) is 49.4 Å². The Kier molecular flexibility index (Phi) is 5.95. The van der Waals surface area contributed by atoms with Crippen molar-refractivity contribution in [2.75, 3.05) is 26.2 Å². The molecule has 0 radical (unpaired) electrons. The predicted octanol–water partition coefficient (Wildman–Crippen LogP) is 2.20. The van der Waals surface area contributed by atoms with Gasteiger partial charge in [0.1, 0.15) is 12.4 Å². The van der Waals surface area contributed by atoms with E-state index in [2.05, 4.69) is 20.4 Å². The molecule has 4 rings (SSSR count). The molecular weight excluding hydrogens is 359 g/mol. The number of benzene rings is 1. The highest BCUT2D eigenvalue weighted by Crippen LogP contribution is 2.27. The fourth-order valence-electron chi connectivity index (χ4n) is 4.18. The lowest BCUT2D eigenvalue weighted by atomic mass is 9.99. The number of rotatable bonds is 5. The van der Waals surface area contributed by atoms with Crippen molar-refractivity contribution in [2.24, 2.45) is 0 Å². The maximum absolute atomic E-state index is 13.1. The van der Waals surface area contributed by atoms with Crippen LogP contribution < -0.4 is 0 Å². The molecule has 0 saturated carbocycles. The van der Waals surface area contributed by atoms with Crippen molar-refractivity contribution in [1.29, 1.82) is 0 Å². The minimum absolute atomic E-state index is 0.0361. The molecule has 0 bridgehead atoms. The van der Waals surface area contributed by atoms with Gasteiger partial charge in [-0.05, 0) is 60.5 Å². The molecule has 3 heterocycles. The van der Waals surface area contributed by atoms with Crippen molar-refractivity contribution in [1.82, 2.24) is 30.0 Å². The van der Waals surface area contributed by atoms with Gasteiger partial charge in [0, 0.05) is 19.0 Å². The summed E-state index contributed by atoms with van der Waals surface area (Å²) in [5.41, 5.74) is 1.08. The maximum atomic E-state index is 13.1. The molecule has 2 aliphatic heterocycles. The summed E-state index contributed by atoms with van der Waals surface area (Å²) in [4.78, 5) is 17.0. The third-order valence-corrected chi connectivity index (χ3v) is 5.84. The van der Waals surface area contributed by atoms with Crippen molar-refractivity contribution in [2.45, 2.75) is 51.1 Å². The molecule has 0 unspecified atom stereocenters. The zero-order valence-corrected chi connectivity index (χ0v) is 16.1. The van der Waals surface area contributed by atoms with Crippen molar-refractivity contribution < 1.29 is 9.18 Å². The van der Waals surface area contributed by atoms with E-state index < -0.39 is 0 Å². The van der Waals surface area contributed by atoms with Crippen LogP contribution in [0.5, 0.6) is 0 Å². The van der Waals surface area contributed by atoms with Gasteiger partial charge in [0.25, 0.3) is 0 Å². The summed E-state index contributed by atoms with van der Waals surface area (Å²) >= 11 is 0. The molecule has 2 fully saturated rings. The van der Waals surface area contributed by atoms with Crippen molar-refractivity contribution in [3.05, 3.63) is 41.5 Å². The Labute approximate surface area is 164 Å². The summed E-state index contributed by atoms with van der Waals surface area (Å²) in [7, 11) is 0. The van der Waals surface area contributed by atoms with Gasteiger partial charge in [-0.3, -0.25) is 9.69 Å². The van der Waals surface area contributed by atoms with Gasteiger partial charge in [-0.2, -0.15) is 0 Å². The normalized spacial score (nSPS) is 21.0. The number of hydrogen-bond acceptors (Lipinski definition) is 5. The first-order valence-electron chi connectivity index (χ1n) is 10.2. The summed E-state index contributed by atoms with van der Waals surface area (Å²) in [6.07, 6.45) is 5.87. The fourth-order valence-corrected chi connectivity index (χ4v) is 4.18. The number of carbonyl (C=O) groups is 1. The highest BCUT2D eigenvalue weighted by molar-refractivity contribution is 5.76. The molecule has 7 nitrogen and oxygen atoms in total. The van der Waals surface area contributed by atoms with Crippen LogP contribution in [-0.4, -0.2) is 62.1 Å². The number of aromatic nitrogens is 4. The lowest BCUT2D eigenvalue weighted by molar-refractivity contribution is -0.131. The van der Waals surface area contributed by atoms with Crippen molar-refractivity contribution in [3.63, 3.8) is 0 Å². The summed E-state index contributed by atoms with van der Waals surface area (Å²) in [5.74, 6) is 0.818. The van der Waals surface area contributed by atoms with Crippen molar-refractivity contribution in [3.8, 4) is 0 Å². The molecule has 1 amide bonds. The van der Waals surface area contributed by atoms with Crippen LogP contribution in [0.25, 0.3) is 0 Å². The molecule has 2 aromatic rings. The van der Waals surface area contributed by atoms with Crippen LogP contribution in [0.4, 0.5) is 4.39 Å². The molecule has 0 aliphatic carbocycles. The standard InChI is InChI=1S/C20H27FN6O/c21-18-7-5-16(6-8-18)17-9-12-26(13-17)20(28)15-27-19(22-23-24-27)14-25-10-3-1-2-4-11-25/h5-8,17H,1-4,9-15H2/t17-/m0/s1. The molecule has 0 N–H and O–H groups in total. The molecule has 8 heteroatoms. The summed E-state index contributed by atoms with van der Waals surface area (Å²) in [6.45, 7) is 4.36. The van der Waals surface area contributed by atoms with E-state index in [4.69, 9.17) is 0 Å². The van der Waals surface area contributed by atoms with Crippen molar-refractivity contribution >= 4 is 5.91 Å². The van der Waals surface area contributed by atoms with E-state index in [1.807, 2.05) is 17.0 Å². The molecule has 2 aliphatic rings. The lowest BCUT2D eigenvalue weighted by Crippen LogP contribution is -2.33. The number of likely N-dealkylation sites (tertiary alicyclic amines) is 2. The van der Waals surface area contributed by atoms with Crippen LogP contribution in [0.3, 0.4) is 0 Å². The fraction of sp³-hybridized carbons (Fsp3) is 0.600. The van der Waals surface area contributed by atoms with Gasteiger partial charge >= 0.3 is 0 Å². The average molecular weight is 386 g/mol. The van der Waals surface area contributed by atoms with Gasteiger partial charge in [-0.15, -0.1) is 5.10 Å². The third kappa shape index (κ3) is 4.55. The Morgan fingerprint density at radius 1 is 1.07 bits per heavy atom. The predicted molar refractivity (Wildman–Crippen MR) is 102 cm³/mol. The number of hydrogen-bond donors (Lipinski definition) is 0. The largest absolute Gasteiger partial charge is 0.340 e. The first-order chi connectivity index (χ1) is 13.7. The summed E-state index contributed by atoms with van der Waals surface area (Å²) in [6, 6.07) is 6.59. The second-order valence-electron chi connectivity index (χ2n) is 7.82. The quantitative estimate of drug-likeness (QED) is 0.788. The van der Waals surface area contributed by atoms with Gasteiger partial charge in [-0.1, -0.05) is 25.0 Å². The first-order valence-corrected chi connectivity index (χ1v) is 10.2. The minimum Gasteiger partial charge on any atom is -0.340 e. The minimum atomic E-state index is -0.231. The number of amides is 1. The maximum Gasteiger partial charge on any atom is 0.244 e.